The first-order chi connectivity index (χ1) is 13.9. The Balaban J connectivity index is 1.27. The van der Waals surface area contributed by atoms with Crippen LogP contribution >= 0.6 is 0 Å². The lowest BCUT2D eigenvalue weighted by atomic mass is 9.91. The number of carbonyl (C=O) groups is 1. The number of hydrogen-bond acceptors (Lipinski definition) is 2. The molecule has 0 aliphatic heterocycles. The number of halogens is 2. The minimum Gasteiger partial charge on any atom is -0.335 e. The number of alkyl halides is 2. The van der Waals surface area contributed by atoms with E-state index in [4.69, 9.17) is 0 Å². The molecule has 0 bridgehead atoms. The van der Waals surface area contributed by atoms with E-state index < -0.39 is 5.92 Å². The standard InChI is InChI=1S/C22H30F2N4O/c1-2-15-3-8-20-16(13-15)14-25-28(20)19-6-4-17(5-7-19)26-21(29)27-18-9-11-22(23,24)12-10-18/h3,8,13-14,17-19H,2,4-7,9-12H2,1H3,(H2,26,27,29)/t17-,19+. The first kappa shape index (κ1) is 20.1. The van der Waals surface area contributed by atoms with Gasteiger partial charge in [-0.25, -0.2) is 13.6 Å². The van der Waals surface area contributed by atoms with Gasteiger partial charge in [0.05, 0.1) is 17.8 Å². The molecule has 7 heteroatoms. The monoisotopic (exact) mass is 404 g/mol. The number of fused-ring (bicyclic) bond motifs is 1. The third-order valence-corrected chi connectivity index (χ3v) is 6.50. The molecule has 2 fully saturated rings. The summed E-state index contributed by atoms with van der Waals surface area (Å²) in [5.74, 6) is -2.57. The molecule has 0 unspecified atom stereocenters. The van der Waals surface area contributed by atoms with Gasteiger partial charge in [-0.2, -0.15) is 5.10 Å². The second-order valence-electron chi connectivity index (χ2n) is 8.59. The molecule has 0 spiro atoms. The van der Waals surface area contributed by atoms with Crippen molar-refractivity contribution in [3.63, 3.8) is 0 Å². The average molecular weight is 405 g/mol. The van der Waals surface area contributed by atoms with Crippen LogP contribution in [-0.2, 0) is 6.42 Å². The number of carbonyl (C=O) groups excluding carboxylic acids is 1. The van der Waals surface area contributed by atoms with Gasteiger partial charge in [-0.15, -0.1) is 0 Å². The van der Waals surface area contributed by atoms with Crippen molar-refractivity contribution < 1.29 is 13.6 Å². The van der Waals surface area contributed by atoms with Crippen LogP contribution in [0.3, 0.4) is 0 Å². The quantitative estimate of drug-likeness (QED) is 0.757. The molecule has 0 radical (unpaired) electrons. The van der Waals surface area contributed by atoms with E-state index in [9.17, 15) is 13.6 Å². The van der Waals surface area contributed by atoms with E-state index in [2.05, 4.69) is 45.5 Å². The van der Waals surface area contributed by atoms with Crippen LogP contribution in [0.4, 0.5) is 13.6 Å². The van der Waals surface area contributed by atoms with Crippen LogP contribution in [0.5, 0.6) is 0 Å². The summed E-state index contributed by atoms with van der Waals surface area (Å²) < 4.78 is 28.6. The van der Waals surface area contributed by atoms with Crippen LogP contribution in [0, 0.1) is 0 Å². The smallest absolute Gasteiger partial charge is 0.315 e. The molecule has 2 amide bonds. The van der Waals surface area contributed by atoms with Crippen molar-refractivity contribution in [2.45, 2.75) is 88.8 Å². The summed E-state index contributed by atoms with van der Waals surface area (Å²) in [7, 11) is 0. The third-order valence-electron chi connectivity index (χ3n) is 6.50. The summed E-state index contributed by atoms with van der Waals surface area (Å²) in [6.45, 7) is 2.15. The Labute approximate surface area is 170 Å². The zero-order valence-electron chi connectivity index (χ0n) is 17.0. The van der Waals surface area contributed by atoms with Crippen LogP contribution < -0.4 is 10.6 Å². The topological polar surface area (TPSA) is 59.0 Å². The molecule has 5 nitrogen and oxygen atoms in total. The predicted octanol–water partition coefficient (Wildman–Crippen LogP) is 4.96. The highest BCUT2D eigenvalue weighted by Crippen LogP contribution is 2.33. The summed E-state index contributed by atoms with van der Waals surface area (Å²) in [4.78, 5) is 12.3. The highest BCUT2D eigenvalue weighted by molar-refractivity contribution is 5.79. The van der Waals surface area contributed by atoms with Gasteiger partial charge in [-0.05, 0) is 62.6 Å². The number of aryl methyl sites for hydroxylation is 1. The Morgan fingerprint density at radius 2 is 1.76 bits per heavy atom. The summed E-state index contributed by atoms with van der Waals surface area (Å²) in [5.41, 5.74) is 2.49. The van der Waals surface area contributed by atoms with Gasteiger partial charge in [0, 0.05) is 30.3 Å². The van der Waals surface area contributed by atoms with Crippen molar-refractivity contribution in [3.8, 4) is 0 Å². The average Bonchev–Trinajstić information content (AvgIpc) is 3.13. The molecule has 158 valence electrons. The van der Waals surface area contributed by atoms with Crippen molar-refractivity contribution in [2.75, 3.05) is 0 Å². The highest BCUT2D eigenvalue weighted by Gasteiger charge is 2.35. The summed E-state index contributed by atoms with van der Waals surface area (Å²) in [5, 5.41) is 11.7. The molecular weight excluding hydrogens is 374 g/mol. The Kier molecular flexibility index (Phi) is 5.74. The van der Waals surface area contributed by atoms with Crippen molar-refractivity contribution in [2.24, 2.45) is 0 Å². The molecule has 2 aliphatic rings. The predicted molar refractivity (Wildman–Crippen MR) is 109 cm³/mol. The van der Waals surface area contributed by atoms with Crippen molar-refractivity contribution >= 4 is 16.9 Å². The lowest BCUT2D eigenvalue weighted by molar-refractivity contribution is -0.0395. The van der Waals surface area contributed by atoms with Gasteiger partial charge in [-0.3, -0.25) is 4.68 Å². The number of amides is 2. The van der Waals surface area contributed by atoms with Crippen LogP contribution in [0.1, 0.15) is 69.9 Å². The van der Waals surface area contributed by atoms with Crippen molar-refractivity contribution in [1.29, 1.82) is 0 Å². The number of nitrogens with one attached hydrogen (secondary N) is 2. The van der Waals surface area contributed by atoms with E-state index in [0.29, 0.717) is 18.9 Å². The molecule has 0 saturated heterocycles. The van der Waals surface area contributed by atoms with Crippen LogP contribution in [0.15, 0.2) is 24.4 Å². The maximum absolute atomic E-state index is 13.2. The fourth-order valence-corrected chi connectivity index (χ4v) is 4.68. The molecule has 2 aliphatic carbocycles. The largest absolute Gasteiger partial charge is 0.335 e. The van der Waals surface area contributed by atoms with Gasteiger partial charge in [-0.1, -0.05) is 13.0 Å². The minimum absolute atomic E-state index is 0.129. The maximum atomic E-state index is 13.2. The lowest BCUT2D eigenvalue weighted by Gasteiger charge is -2.32. The van der Waals surface area contributed by atoms with Gasteiger partial charge in [0.1, 0.15) is 0 Å². The van der Waals surface area contributed by atoms with E-state index in [1.54, 1.807) is 0 Å². The number of aromatic nitrogens is 2. The van der Waals surface area contributed by atoms with E-state index in [1.165, 1.54) is 16.5 Å². The minimum atomic E-state index is -2.57. The molecule has 2 aromatic rings. The molecule has 1 aromatic carbocycles. The van der Waals surface area contributed by atoms with E-state index in [-0.39, 0.29) is 31.0 Å². The second kappa shape index (κ2) is 8.28. The molecule has 4 rings (SSSR count). The van der Waals surface area contributed by atoms with Crippen LogP contribution in [0.25, 0.3) is 10.9 Å². The Morgan fingerprint density at radius 1 is 1.10 bits per heavy atom. The zero-order valence-corrected chi connectivity index (χ0v) is 17.0. The summed E-state index contributed by atoms with van der Waals surface area (Å²) >= 11 is 0. The summed E-state index contributed by atoms with van der Waals surface area (Å²) in [6, 6.07) is 6.64. The molecule has 29 heavy (non-hydrogen) atoms. The number of hydrogen-bond donors (Lipinski definition) is 2. The van der Waals surface area contributed by atoms with Crippen LogP contribution in [0.2, 0.25) is 0 Å². The van der Waals surface area contributed by atoms with Gasteiger partial charge in [0.25, 0.3) is 0 Å². The Morgan fingerprint density at radius 3 is 2.41 bits per heavy atom. The van der Waals surface area contributed by atoms with Gasteiger partial charge < -0.3 is 10.6 Å². The number of urea groups is 1. The molecule has 2 saturated carbocycles. The van der Waals surface area contributed by atoms with Crippen molar-refractivity contribution in [1.82, 2.24) is 20.4 Å². The molecule has 0 atom stereocenters. The lowest BCUT2D eigenvalue weighted by Crippen LogP contribution is -2.48. The highest BCUT2D eigenvalue weighted by atomic mass is 19.3. The number of rotatable bonds is 4. The second-order valence-corrected chi connectivity index (χ2v) is 8.59. The first-order valence-corrected chi connectivity index (χ1v) is 10.8. The maximum Gasteiger partial charge on any atom is 0.315 e. The number of benzene rings is 1. The van der Waals surface area contributed by atoms with E-state index in [0.717, 1.165) is 32.1 Å². The summed E-state index contributed by atoms with van der Waals surface area (Å²) in [6.07, 6.45) is 7.10. The molecule has 1 heterocycles. The first-order valence-electron chi connectivity index (χ1n) is 10.8. The molecule has 2 N–H and O–H groups in total. The van der Waals surface area contributed by atoms with E-state index >= 15 is 0 Å². The zero-order chi connectivity index (χ0) is 20.4. The third kappa shape index (κ3) is 4.70. The van der Waals surface area contributed by atoms with Gasteiger partial charge >= 0.3 is 6.03 Å². The Bertz CT molecular complexity index is 848. The molecular formula is C22H30F2N4O. The van der Waals surface area contributed by atoms with Crippen molar-refractivity contribution in [3.05, 3.63) is 30.0 Å². The van der Waals surface area contributed by atoms with Crippen LogP contribution in [-0.4, -0.2) is 33.8 Å². The van der Waals surface area contributed by atoms with Gasteiger partial charge in [0.2, 0.25) is 5.92 Å². The van der Waals surface area contributed by atoms with E-state index in [1.807, 2.05) is 6.20 Å². The Hall–Kier alpha value is -2.18. The fraction of sp³-hybridized carbons (Fsp3) is 0.636. The SMILES string of the molecule is CCc1ccc2c(cnn2[C@H]2CC[C@@H](NC(=O)NC3CCC(F)(F)CC3)CC2)c1. The number of nitrogens with zero attached hydrogens (tertiary/aromatic N) is 2. The van der Waals surface area contributed by atoms with Gasteiger partial charge in [0.15, 0.2) is 0 Å². The fourth-order valence-electron chi connectivity index (χ4n) is 4.68. The normalized spacial score (nSPS) is 25.1. The molecule has 1 aromatic heterocycles.